The molecule has 0 fully saturated rings. The van der Waals surface area contributed by atoms with E-state index in [0.29, 0.717) is 16.8 Å². The van der Waals surface area contributed by atoms with Crippen LogP contribution in [0.15, 0.2) is 42.5 Å². The number of amides is 1. The molecule has 138 valence electrons. The van der Waals surface area contributed by atoms with E-state index < -0.39 is 23.5 Å². The highest BCUT2D eigenvalue weighted by Gasteiger charge is 2.15. The first-order valence-electron chi connectivity index (χ1n) is 7.47. The molecule has 10 heteroatoms. The summed E-state index contributed by atoms with van der Waals surface area (Å²) in [6, 6.07) is 8.57. The maximum atomic E-state index is 13.6. The van der Waals surface area contributed by atoms with Gasteiger partial charge in [0.05, 0.1) is 11.3 Å². The third kappa shape index (κ3) is 4.61. The Balaban J connectivity index is 1.60. The maximum Gasteiger partial charge on any atom is 0.335 e. The standard InChI is InChI=1S/C17H11F2N3O4S/c18-10-3-6-13(12(19)7-10)20-15(23)16-22-21-14(27-16)8-26-11-4-1-9(2-5-11)17(24)25/h1-7H,8H2,(H,20,23)(H,24,25). The highest BCUT2D eigenvalue weighted by molar-refractivity contribution is 7.13. The molecule has 1 heterocycles. The zero-order chi connectivity index (χ0) is 19.4. The van der Waals surface area contributed by atoms with Crippen LogP contribution in [-0.4, -0.2) is 27.2 Å². The van der Waals surface area contributed by atoms with Crippen LogP contribution >= 0.6 is 11.3 Å². The second-order valence-corrected chi connectivity index (χ2v) is 6.26. The summed E-state index contributed by atoms with van der Waals surface area (Å²) in [7, 11) is 0. The van der Waals surface area contributed by atoms with Gasteiger partial charge in [-0.2, -0.15) is 0 Å². The fourth-order valence-corrected chi connectivity index (χ4v) is 2.66. The Kier molecular flexibility index (Phi) is 5.36. The smallest absolute Gasteiger partial charge is 0.335 e. The molecule has 0 saturated heterocycles. The van der Waals surface area contributed by atoms with E-state index in [1.54, 1.807) is 0 Å². The number of carbonyl (C=O) groups is 2. The molecule has 7 nitrogen and oxygen atoms in total. The number of aromatic carboxylic acids is 1. The van der Waals surface area contributed by atoms with Crippen molar-refractivity contribution in [3.8, 4) is 5.75 Å². The summed E-state index contributed by atoms with van der Waals surface area (Å²) < 4.78 is 31.9. The van der Waals surface area contributed by atoms with Crippen molar-refractivity contribution in [1.29, 1.82) is 0 Å². The van der Waals surface area contributed by atoms with Crippen molar-refractivity contribution in [3.63, 3.8) is 0 Å². The Morgan fingerprint density at radius 2 is 1.85 bits per heavy atom. The van der Waals surface area contributed by atoms with E-state index in [4.69, 9.17) is 9.84 Å². The van der Waals surface area contributed by atoms with E-state index in [0.717, 1.165) is 23.5 Å². The summed E-state index contributed by atoms with van der Waals surface area (Å²) >= 11 is 0.947. The van der Waals surface area contributed by atoms with Crippen LogP contribution in [0.3, 0.4) is 0 Å². The molecule has 1 amide bonds. The molecule has 27 heavy (non-hydrogen) atoms. The van der Waals surface area contributed by atoms with Gasteiger partial charge in [0.2, 0.25) is 5.01 Å². The molecule has 0 bridgehead atoms. The lowest BCUT2D eigenvalue weighted by molar-refractivity contribution is 0.0696. The van der Waals surface area contributed by atoms with Gasteiger partial charge in [0.25, 0.3) is 5.91 Å². The lowest BCUT2D eigenvalue weighted by Gasteiger charge is -2.04. The topological polar surface area (TPSA) is 101 Å². The summed E-state index contributed by atoms with van der Waals surface area (Å²) in [5, 5.41) is 19.0. The number of carboxylic acids is 1. The number of carboxylic acid groups (broad SMARTS) is 1. The van der Waals surface area contributed by atoms with Crippen molar-refractivity contribution in [2.45, 2.75) is 6.61 Å². The Bertz CT molecular complexity index is 992. The van der Waals surface area contributed by atoms with Crippen molar-refractivity contribution >= 4 is 28.9 Å². The van der Waals surface area contributed by atoms with Gasteiger partial charge in [0.15, 0.2) is 5.01 Å². The molecule has 0 radical (unpaired) electrons. The summed E-state index contributed by atoms with van der Waals surface area (Å²) in [5.74, 6) is -2.96. The van der Waals surface area contributed by atoms with Crippen LogP contribution in [-0.2, 0) is 6.61 Å². The van der Waals surface area contributed by atoms with Gasteiger partial charge in [-0.25, -0.2) is 13.6 Å². The Morgan fingerprint density at radius 1 is 1.11 bits per heavy atom. The van der Waals surface area contributed by atoms with Gasteiger partial charge < -0.3 is 15.2 Å². The molecular formula is C17H11F2N3O4S. The number of ether oxygens (including phenoxy) is 1. The van der Waals surface area contributed by atoms with Gasteiger partial charge in [0.1, 0.15) is 24.0 Å². The van der Waals surface area contributed by atoms with Crippen LogP contribution in [0.5, 0.6) is 5.75 Å². The number of benzene rings is 2. The zero-order valence-corrected chi connectivity index (χ0v) is 14.3. The van der Waals surface area contributed by atoms with Crippen molar-refractivity contribution < 1.29 is 28.2 Å². The monoisotopic (exact) mass is 391 g/mol. The molecule has 1 aromatic heterocycles. The van der Waals surface area contributed by atoms with Gasteiger partial charge in [-0.1, -0.05) is 11.3 Å². The Labute approximate surface area is 155 Å². The largest absolute Gasteiger partial charge is 0.486 e. The highest BCUT2D eigenvalue weighted by atomic mass is 32.1. The minimum absolute atomic E-state index is 0.0152. The predicted molar refractivity (Wildman–Crippen MR) is 92.0 cm³/mol. The van der Waals surface area contributed by atoms with Gasteiger partial charge >= 0.3 is 5.97 Å². The van der Waals surface area contributed by atoms with E-state index in [1.807, 2.05) is 0 Å². The molecule has 0 aliphatic rings. The second-order valence-electron chi connectivity index (χ2n) is 5.20. The van der Waals surface area contributed by atoms with Crippen LogP contribution in [0.2, 0.25) is 0 Å². The summed E-state index contributed by atoms with van der Waals surface area (Å²) in [5.41, 5.74) is -0.0434. The number of hydrogen-bond donors (Lipinski definition) is 2. The maximum absolute atomic E-state index is 13.6. The average Bonchev–Trinajstić information content (AvgIpc) is 3.12. The lowest BCUT2D eigenvalue weighted by Crippen LogP contribution is -2.12. The van der Waals surface area contributed by atoms with E-state index in [2.05, 4.69) is 15.5 Å². The normalized spacial score (nSPS) is 10.4. The van der Waals surface area contributed by atoms with Crippen molar-refractivity contribution in [1.82, 2.24) is 10.2 Å². The Morgan fingerprint density at radius 3 is 2.52 bits per heavy atom. The number of halogens is 2. The van der Waals surface area contributed by atoms with E-state index in [-0.39, 0.29) is 22.9 Å². The summed E-state index contributed by atoms with van der Waals surface area (Å²) in [6.45, 7) is 0.0161. The summed E-state index contributed by atoms with van der Waals surface area (Å²) in [6.07, 6.45) is 0. The SMILES string of the molecule is O=C(O)c1ccc(OCc2nnc(C(=O)Nc3ccc(F)cc3F)s2)cc1. The lowest BCUT2D eigenvalue weighted by atomic mass is 10.2. The second kappa shape index (κ2) is 7.87. The number of nitrogens with zero attached hydrogens (tertiary/aromatic N) is 2. The fourth-order valence-electron chi connectivity index (χ4n) is 2.01. The third-order valence-electron chi connectivity index (χ3n) is 3.30. The minimum Gasteiger partial charge on any atom is -0.486 e. The molecule has 0 saturated carbocycles. The Hall–Kier alpha value is -3.40. The van der Waals surface area contributed by atoms with Crippen LogP contribution in [0.25, 0.3) is 0 Å². The first-order valence-corrected chi connectivity index (χ1v) is 8.29. The number of anilines is 1. The van der Waals surface area contributed by atoms with Crippen LogP contribution in [0, 0.1) is 11.6 Å². The van der Waals surface area contributed by atoms with E-state index in [1.165, 1.54) is 24.3 Å². The minimum atomic E-state index is -1.04. The molecule has 3 rings (SSSR count). The number of carbonyl (C=O) groups excluding carboxylic acids is 1. The van der Waals surface area contributed by atoms with Crippen LogP contribution in [0.4, 0.5) is 14.5 Å². The highest BCUT2D eigenvalue weighted by Crippen LogP contribution is 2.19. The third-order valence-corrected chi connectivity index (χ3v) is 4.20. The molecule has 0 aliphatic heterocycles. The van der Waals surface area contributed by atoms with Gasteiger partial charge in [-0.3, -0.25) is 4.79 Å². The quantitative estimate of drug-likeness (QED) is 0.668. The van der Waals surface area contributed by atoms with Crippen LogP contribution < -0.4 is 10.1 Å². The molecule has 2 N–H and O–H groups in total. The molecule has 2 aromatic carbocycles. The number of rotatable bonds is 6. The van der Waals surface area contributed by atoms with Crippen molar-refractivity contribution in [3.05, 3.63) is 69.7 Å². The van der Waals surface area contributed by atoms with Gasteiger partial charge in [0, 0.05) is 6.07 Å². The molecular weight excluding hydrogens is 380 g/mol. The molecule has 3 aromatic rings. The number of nitrogens with one attached hydrogen (secondary N) is 1. The van der Waals surface area contributed by atoms with Gasteiger partial charge in [-0.05, 0) is 36.4 Å². The van der Waals surface area contributed by atoms with E-state index >= 15 is 0 Å². The first-order chi connectivity index (χ1) is 12.9. The first kappa shape index (κ1) is 18.4. The van der Waals surface area contributed by atoms with Gasteiger partial charge in [-0.15, -0.1) is 10.2 Å². The van der Waals surface area contributed by atoms with Crippen LogP contribution in [0.1, 0.15) is 25.2 Å². The number of hydrogen-bond acceptors (Lipinski definition) is 6. The molecule has 0 aliphatic carbocycles. The summed E-state index contributed by atoms with van der Waals surface area (Å²) in [4.78, 5) is 22.9. The van der Waals surface area contributed by atoms with Crippen molar-refractivity contribution in [2.24, 2.45) is 0 Å². The van der Waals surface area contributed by atoms with Crippen molar-refractivity contribution in [2.75, 3.05) is 5.32 Å². The molecule has 0 unspecified atom stereocenters. The molecule has 0 spiro atoms. The fraction of sp³-hybridized carbons (Fsp3) is 0.0588. The zero-order valence-electron chi connectivity index (χ0n) is 13.5. The predicted octanol–water partition coefficient (Wildman–Crippen LogP) is 3.35. The molecule has 0 atom stereocenters. The van der Waals surface area contributed by atoms with E-state index in [9.17, 15) is 18.4 Å². The number of aromatic nitrogens is 2. The average molecular weight is 391 g/mol.